The van der Waals surface area contributed by atoms with E-state index in [2.05, 4.69) is 11.4 Å². The topological polar surface area (TPSA) is 60.7 Å². The average Bonchev–Trinajstić information content (AvgIpc) is 3.15. The van der Waals surface area contributed by atoms with Crippen molar-refractivity contribution in [2.45, 2.75) is 46.5 Å². The fourth-order valence-corrected chi connectivity index (χ4v) is 4.35. The van der Waals surface area contributed by atoms with Crippen molar-refractivity contribution in [3.8, 4) is 11.5 Å². The lowest BCUT2D eigenvalue weighted by molar-refractivity contribution is -0.111. The van der Waals surface area contributed by atoms with E-state index in [1.807, 2.05) is 45.0 Å². The van der Waals surface area contributed by atoms with Gasteiger partial charge in [-0.25, -0.2) is 0 Å². The van der Waals surface area contributed by atoms with Crippen molar-refractivity contribution in [1.82, 2.24) is 0 Å². The zero-order valence-electron chi connectivity index (χ0n) is 18.6. The summed E-state index contributed by atoms with van der Waals surface area (Å²) in [6.45, 7) is 6.49. The van der Waals surface area contributed by atoms with Gasteiger partial charge in [-0.1, -0.05) is 12.1 Å². The summed E-state index contributed by atoms with van der Waals surface area (Å²) in [6.07, 6.45) is 5.98. The second kappa shape index (κ2) is 8.88. The highest BCUT2D eigenvalue weighted by molar-refractivity contribution is 6.05. The Labute approximate surface area is 183 Å². The summed E-state index contributed by atoms with van der Waals surface area (Å²) >= 11 is 0. The van der Waals surface area contributed by atoms with Crippen LogP contribution in [0.25, 0.3) is 16.5 Å². The van der Waals surface area contributed by atoms with Crippen LogP contribution < -0.4 is 14.8 Å². The van der Waals surface area contributed by atoms with Crippen molar-refractivity contribution < 1.29 is 18.7 Å². The van der Waals surface area contributed by atoms with Gasteiger partial charge >= 0.3 is 0 Å². The van der Waals surface area contributed by atoms with Gasteiger partial charge in [-0.3, -0.25) is 4.79 Å². The Morgan fingerprint density at radius 3 is 2.77 bits per heavy atom. The Bertz CT molecular complexity index is 1160. The molecule has 1 amide bonds. The molecule has 0 fully saturated rings. The summed E-state index contributed by atoms with van der Waals surface area (Å²) < 4.78 is 17.6. The average molecular weight is 420 g/mol. The minimum atomic E-state index is -0.212. The third-order valence-corrected chi connectivity index (χ3v) is 5.85. The maximum atomic E-state index is 12.8. The van der Waals surface area contributed by atoms with E-state index in [9.17, 15) is 4.79 Å². The van der Waals surface area contributed by atoms with Crippen molar-refractivity contribution in [3.63, 3.8) is 0 Å². The van der Waals surface area contributed by atoms with Crippen LogP contribution in [0.2, 0.25) is 0 Å². The molecule has 1 heterocycles. The van der Waals surface area contributed by atoms with Gasteiger partial charge in [0.05, 0.1) is 19.4 Å². The Morgan fingerprint density at radius 1 is 1.23 bits per heavy atom. The molecule has 0 unspecified atom stereocenters. The summed E-state index contributed by atoms with van der Waals surface area (Å²) in [5.74, 6) is 2.29. The van der Waals surface area contributed by atoms with E-state index >= 15 is 0 Å². The monoisotopic (exact) mass is 419 g/mol. The first kappa shape index (κ1) is 21.0. The third kappa shape index (κ3) is 4.05. The number of rotatable bonds is 6. The van der Waals surface area contributed by atoms with E-state index < -0.39 is 0 Å². The number of benzene rings is 2. The number of furan rings is 1. The van der Waals surface area contributed by atoms with E-state index in [4.69, 9.17) is 13.9 Å². The number of hydrogen-bond donors (Lipinski definition) is 1. The van der Waals surface area contributed by atoms with Crippen LogP contribution in [0, 0.1) is 6.92 Å². The summed E-state index contributed by atoms with van der Waals surface area (Å²) in [4.78, 5) is 12.8. The Balaban J connectivity index is 1.74. The van der Waals surface area contributed by atoms with Gasteiger partial charge in [-0.15, -0.1) is 0 Å². The Kier molecular flexibility index (Phi) is 6.03. The van der Waals surface area contributed by atoms with Gasteiger partial charge in [0, 0.05) is 34.6 Å². The van der Waals surface area contributed by atoms with Gasteiger partial charge in [-0.05, 0) is 63.8 Å². The normalized spacial score (nSPS) is 13.7. The molecule has 1 N–H and O–H groups in total. The van der Waals surface area contributed by atoms with Crippen LogP contribution in [0.1, 0.15) is 49.1 Å². The molecule has 3 aromatic rings. The molecule has 4 rings (SSSR count). The molecule has 31 heavy (non-hydrogen) atoms. The molecule has 0 bridgehead atoms. The number of nitrogens with one attached hydrogen (secondary N) is 1. The molecule has 5 nitrogen and oxygen atoms in total. The Morgan fingerprint density at radius 2 is 2.00 bits per heavy atom. The first-order valence-corrected chi connectivity index (χ1v) is 10.9. The second-order valence-electron chi connectivity index (χ2n) is 7.92. The molecule has 1 aromatic heterocycles. The van der Waals surface area contributed by atoms with Gasteiger partial charge in [-0.2, -0.15) is 0 Å². The zero-order valence-corrected chi connectivity index (χ0v) is 18.6. The summed E-state index contributed by atoms with van der Waals surface area (Å²) in [5, 5.41) is 4.05. The number of anilines is 1. The molecular weight excluding hydrogens is 390 g/mol. The van der Waals surface area contributed by atoms with Crippen molar-refractivity contribution >= 4 is 28.1 Å². The van der Waals surface area contributed by atoms with Crippen LogP contribution in [0.5, 0.6) is 11.5 Å². The number of carbonyl (C=O) groups excluding carboxylic acids is 1. The Hall–Kier alpha value is -3.21. The largest absolute Gasteiger partial charge is 0.495 e. The van der Waals surface area contributed by atoms with Crippen LogP contribution in [-0.2, 0) is 17.6 Å². The molecule has 0 saturated carbocycles. The molecule has 0 atom stereocenters. The van der Waals surface area contributed by atoms with Gasteiger partial charge in [0.15, 0.2) is 0 Å². The highest BCUT2D eigenvalue weighted by atomic mass is 16.5. The molecular formula is C26H29NO4. The minimum absolute atomic E-state index is 0.212. The van der Waals surface area contributed by atoms with E-state index in [1.165, 1.54) is 18.4 Å². The van der Waals surface area contributed by atoms with Gasteiger partial charge in [0.1, 0.15) is 22.8 Å². The number of carbonyl (C=O) groups is 1. The maximum Gasteiger partial charge on any atom is 0.248 e. The summed E-state index contributed by atoms with van der Waals surface area (Å²) in [6, 6.07) is 9.50. The minimum Gasteiger partial charge on any atom is -0.495 e. The highest BCUT2D eigenvalue weighted by Crippen LogP contribution is 2.41. The summed E-state index contributed by atoms with van der Waals surface area (Å²) in [5.41, 5.74) is 5.61. The number of aryl methyl sites for hydroxylation is 3. The number of ether oxygens (including phenoxy) is 2. The third-order valence-electron chi connectivity index (χ3n) is 5.85. The lowest BCUT2D eigenvalue weighted by Crippen LogP contribution is -2.10. The molecule has 0 aliphatic heterocycles. The molecule has 1 aliphatic rings. The lowest BCUT2D eigenvalue weighted by Gasteiger charge is -2.15. The standard InChI is InChI=1S/C26H29NO4/c1-5-30-25-17(3)26-20(18-10-6-8-12-22(18)31-26)15-19(25)16(2)14-24(28)27-21-11-7-9-13-23(21)29-4/h7,9,11,13-15H,5-6,8,10,12H2,1-4H3,(H,27,28)/b16-14+. The molecule has 0 spiro atoms. The van der Waals surface area contributed by atoms with Crippen molar-refractivity contribution in [3.05, 3.63) is 58.9 Å². The van der Waals surface area contributed by atoms with Gasteiger partial charge in [0.25, 0.3) is 0 Å². The van der Waals surface area contributed by atoms with Gasteiger partial charge < -0.3 is 19.2 Å². The van der Waals surface area contributed by atoms with Crippen LogP contribution in [0.4, 0.5) is 5.69 Å². The van der Waals surface area contributed by atoms with E-state index in [1.54, 1.807) is 13.2 Å². The van der Waals surface area contributed by atoms with Crippen molar-refractivity contribution in [1.29, 1.82) is 0 Å². The predicted octanol–water partition coefficient (Wildman–Crippen LogP) is 6.07. The van der Waals surface area contributed by atoms with E-state index in [-0.39, 0.29) is 5.91 Å². The number of hydrogen-bond acceptors (Lipinski definition) is 4. The first-order chi connectivity index (χ1) is 15.0. The second-order valence-corrected chi connectivity index (χ2v) is 7.92. The molecule has 162 valence electrons. The molecule has 5 heteroatoms. The number of para-hydroxylation sites is 2. The quantitative estimate of drug-likeness (QED) is 0.493. The van der Waals surface area contributed by atoms with Crippen LogP contribution in [0.3, 0.4) is 0 Å². The fraction of sp³-hybridized carbons (Fsp3) is 0.346. The van der Waals surface area contributed by atoms with Crippen LogP contribution in [-0.4, -0.2) is 19.6 Å². The maximum absolute atomic E-state index is 12.8. The SMILES string of the molecule is CCOc1c(/C(C)=C/C(=O)Nc2ccccc2OC)cc2c3c(oc2c1C)CCCC3. The summed E-state index contributed by atoms with van der Waals surface area (Å²) in [7, 11) is 1.59. The van der Waals surface area contributed by atoms with Crippen molar-refractivity contribution in [2.75, 3.05) is 19.0 Å². The molecule has 2 aromatic carbocycles. The molecule has 0 radical (unpaired) electrons. The fourth-order valence-electron chi connectivity index (χ4n) is 4.35. The number of allylic oxidation sites excluding steroid dienone is 1. The van der Waals surface area contributed by atoms with Gasteiger partial charge in [0.2, 0.25) is 5.91 Å². The van der Waals surface area contributed by atoms with Crippen LogP contribution >= 0.6 is 0 Å². The van der Waals surface area contributed by atoms with E-state index in [0.717, 1.165) is 52.0 Å². The number of fused-ring (bicyclic) bond motifs is 3. The first-order valence-electron chi connectivity index (χ1n) is 10.9. The predicted molar refractivity (Wildman–Crippen MR) is 124 cm³/mol. The smallest absolute Gasteiger partial charge is 0.248 e. The zero-order chi connectivity index (χ0) is 22.0. The highest BCUT2D eigenvalue weighted by Gasteiger charge is 2.23. The number of methoxy groups -OCH3 is 1. The molecule has 0 saturated heterocycles. The lowest BCUT2D eigenvalue weighted by atomic mass is 9.93. The molecule has 1 aliphatic carbocycles. The van der Waals surface area contributed by atoms with Crippen molar-refractivity contribution in [2.24, 2.45) is 0 Å². The van der Waals surface area contributed by atoms with Crippen LogP contribution in [0.15, 0.2) is 40.8 Å². The number of amides is 1. The van der Waals surface area contributed by atoms with E-state index in [0.29, 0.717) is 18.0 Å².